The first-order chi connectivity index (χ1) is 13.8. The molecular weight excluding hydrogens is 392 g/mol. The fourth-order valence-electron chi connectivity index (χ4n) is 3.24. The molecule has 0 saturated heterocycles. The smallest absolute Gasteiger partial charge is 0.295 e. The summed E-state index contributed by atoms with van der Waals surface area (Å²) in [6, 6.07) is 16.4. The van der Waals surface area contributed by atoms with Crippen molar-refractivity contribution in [2.24, 2.45) is 10.2 Å². The SMILES string of the molecule is Cc1ccc2c(N=Nc3c(O)ccc4ccccc34)c(O)cc(S(=O)(=O)O)c2c1. The van der Waals surface area contributed by atoms with Gasteiger partial charge in [-0.25, -0.2) is 0 Å². The first-order valence-corrected chi connectivity index (χ1v) is 10.1. The predicted octanol–water partition coefficient (Wildman–Crippen LogP) is 5.37. The van der Waals surface area contributed by atoms with Crippen LogP contribution in [0, 0.1) is 6.92 Å². The van der Waals surface area contributed by atoms with E-state index in [9.17, 15) is 23.2 Å². The summed E-state index contributed by atoms with van der Waals surface area (Å²) >= 11 is 0. The summed E-state index contributed by atoms with van der Waals surface area (Å²) in [6.45, 7) is 1.77. The lowest BCUT2D eigenvalue weighted by Crippen LogP contribution is -1.99. The quantitative estimate of drug-likeness (QED) is 0.311. The second-order valence-corrected chi connectivity index (χ2v) is 8.01. The minimum Gasteiger partial charge on any atom is -0.506 e. The lowest BCUT2D eigenvalue weighted by Gasteiger charge is -2.10. The fraction of sp³-hybridized carbons (Fsp3) is 0.0476. The zero-order valence-electron chi connectivity index (χ0n) is 15.2. The molecule has 0 unspecified atom stereocenters. The number of hydrogen-bond donors (Lipinski definition) is 3. The second-order valence-electron chi connectivity index (χ2n) is 6.62. The number of aryl methyl sites for hydroxylation is 1. The van der Waals surface area contributed by atoms with Crippen molar-refractivity contribution in [1.82, 2.24) is 0 Å². The topological polar surface area (TPSA) is 120 Å². The molecule has 7 nitrogen and oxygen atoms in total. The van der Waals surface area contributed by atoms with Crippen LogP contribution < -0.4 is 0 Å². The molecule has 0 bridgehead atoms. The molecule has 4 rings (SSSR count). The average molecular weight is 408 g/mol. The van der Waals surface area contributed by atoms with Crippen LogP contribution in [0.15, 0.2) is 75.8 Å². The summed E-state index contributed by atoms with van der Waals surface area (Å²) in [6.07, 6.45) is 0. The van der Waals surface area contributed by atoms with Crippen molar-refractivity contribution in [1.29, 1.82) is 0 Å². The van der Waals surface area contributed by atoms with Gasteiger partial charge in [-0.15, -0.1) is 10.2 Å². The Labute approximate surface area is 166 Å². The van der Waals surface area contributed by atoms with Crippen LogP contribution in [-0.4, -0.2) is 23.2 Å². The first-order valence-electron chi connectivity index (χ1n) is 8.62. The van der Waals surface area contributed by atoms with Crippen LogP contribution in [0.2, 0.25) is 0 Å². The van der Waals surface area contributed by atoms with Gasteiger partial charge in [0.05, 0.1) is 0 Å². The Bertz CT molecular complexity index is 1410. The van der Waals surface area contributed by atoms with Crippen molar-refractivity contribution in [3.8, 4) is 11.5 Å². The molecule has 0 saturated carbocycles. The van der Waals surface area contributed by atoms with Crippen molar-refractivity contribution >= 4 is 43.0 Å². The fourth-order valence-corrected chi connectivity index (χ4v) is 3.95. The van der Waals surface area contributed by atoms with E-state index in [1.54, 1.807) is 43.3 Å². The molecule has 0 fully saturated rings. The Kier molecular flexibility index (Phi) is 4.45. The van der Waals surface area contributed by atoms with E-state index in [0.717, 1.165) is 17.0 Å². The van der Waals surface area contributed by atoms with E-state index in [2.05, 4.69) is 10.2 Å². The van der Waals surface area contributed by atoms with Gasteiger partial charge in [0.1, 0.15) is 27.8 Å². The van der Waals surface area contributed by atoms with Gasteiger partial charge in [-0.1, -0.05) is 48.0 Å². The van der Waals surface area contributed by atoms with Gasteiger partial charge in [0.15, 0.2) is 0 Å². The Balaban J connectivity index is 1.97. The molecule has 0 heterocycles. The van der Waals surface area contributed by atoms with Crippen LogP contribution >= 0.6 is 0 Å². The Hall–Kier alpha value is -3.49. The highest BCUT2D eigenvalue weighted by atomic mass is 32.2. The summed E-state index contributed by atoms with van der Waals surface area (Å²) in [7, 11) is -4.56. The molecule has 4 aromatic carbocycles. The van der Waals surface area contributed by atoms with Gasteiger partial charge in [-0.05, 0) is 24.4 Å². The lowest BCUT2D eigenvalue weighted by molar-refractivity contribution is 0.468. The number of azo groups is 1. The molecule has 29 heavy (non-hydrogen) atoms. The van der Waals surface area contributed by atoms with E-state index in [-0.39, 0.29) is 22.5 Å². The summed E-state index contributed by atoms with van der Waals surface area (Å²) in [4.78, 5) is -0.416. The maximum absolute atomic E-state index is 11.7. The molecule has 0 aromatic heterocycles. The summed E-state index contributed by atoms with van der Waals surface area (Å²) in [5.74, 6) is -0.542. The lowest BCUT2D eigenvalue weighted by atomic mass is 10.1. The van der Waals surface area contributed by atoms with Gasteiger partial charge >= 0.3 is 0 Å². The third-order valence-electron chi connectivity index (χ3n) is 4.61. The molecule has 0 atom stereocenters. The van der Waals surface area contributed by atoms with E-state index >= 15 is 0 Å². The molecular formula is C21H16N2O5S. The number of nitrogens with zero attached hydrogens (tertiary/aromatic N) is 2. The first kappa shape index (κ1) is 18.9. The molecule has 3 N–H and O–H groups in total. The van der Waals surface area contributed by atoms with Gasteiger partial charge in [-0.3, -0.25) is 4.55 Å². The van der Waals surface area contributed by atoms with Crippen LogP contribution in [0.5, 0.6) is 11.5 Å². The number of fused-ring (bicyclic) bond motifs is 2. The number of benzene rings is 4. The number of phenols is 2. The van der Waals surface area contributed by atoms with E-state index in [1.807, 2.05) is 12.1 Å². The van der Waals surface area contributed by atoms with Crippen LogP contribution in [0.3, 0.4) is 0 Å². The summed E-state index contributed by atoms with van der Waals surface area (Å²) < 4.78 is 33.0. The molecule has 8 heteroatoms. The molecule has 0 amide bonds. The minimum absolute atomic E-state index is 0.0275. The normalized spacial score (nSPS) is 12.2. The van der Waals surface area contributed by atoms with Crippen molar-refractivity contribution < 1.29 is 23.2 Å². The molecule has 4 aromatic rings. The molecule has 146 valence electrons. The number of phenolic OH excluding ortho intramolecular Hbond substituents is 2. The predicted molar refractivity (Wildman–Crippen MR) is 110 cm³/mol. The maximum atomic E-state index is 11.7. The third-order valence-corrected chi connectivity index (χ3v) is 5.51. The van der Waals surface area contributed by atoms with Crippen molar-refractivity contribution in [2.45, 2.75) is 11.8 Å². The zero-order chi connectivity index (χ0) is 20.8. The van der Waals surface area contributed by atoms with Crippen molar-refractivity contribution in [2.75, 3.05) is 0 Å². The Morgan fingerprint density at radius 3 is 2.17 bits per heavy atom. The van der Waals surface area contributed by atoms with Crippen LogP contribution in [-0.2, 0) is 10.1 Å². The second kappa shape index (κ2) is 6.84. The van der Waals surface area contributed by atoms with Gasteiger partial charge in [0, 0.05) is 22.2 Å². The maximum Gasteiger partial charge on any atom is 0.295 e. The highest BCUT2D eigenvalue weighted by Gasteiger charge is 2.20. The van der Waals surface area contributed by atoms with E-state index in [0.29, 0.717) is 10.8 Å². The molecule has 0 radical (unpaired) electrons. The van der Waals surface area contributed by atoms with Gasteiger partial charge < -0.3 is 10.2 Å². The van der Waals surface area contributed by atoms with Gasteiger partial charge in [0.2, 0.25) is 0 Å². The van der Waals surface area contributed by atoms with Crippen LogP contribution in [0.25, 0.3) is 21.5 Å². The van der Waals surface area contributed by atoms with Crippen LogP contribution in [0.4, 0.5) is 11.4 Å². The van der Waals surface area contributed by atoms with Crippen LogP contribution in [0.1, 0.15) is 5.56 Å². The Morgan fingerprint density at radius 1 is 0.759 bits per heavy atom. The largest absolute Gasteiger partial charge is 0.506 e. The molecule has 0 aliphatic carbocycles. The third kappa shape index (κ3) is 3.39. The molecule has 0 spiro atoms. The highest BCUT2D eigenvalue weighted by molar-refractivity contribution is 7.86. The number of rotatable bonds is 3. The van der Waals surface area contributed by atoms with E-state index in [1.165, 1.54) is 6.07 Å². The summed E-state index contributed by atoms with van der Waals surface area (Å²) in [5.41, 5.74) is 1.02. The van der Waals surface area contributed by atoms with Crippen molar-refractivity contribution in [3.63, 3.8) is 0 Å². The van der Waals surface area contributed by atoms with Gasteiger partial charge in [-0.2, -0.15) is 8.42 Å². The van der Waals surface area contributed by atoms with E-state index < -0.39 is 20.8 Å². The monoisotopic (exact) mass is 408 g/mol. The zero-order valence-corrected chi connectivity index (χ0v) is 16.1. The van der Waals surface area contributed by atoms with Gasteiger partial charge in [0.25, 0.3) is 10.1 Å². The number of hydrogen-bond acceptors (Lipinski definition) is 6. The summed E-state index contributed by atoms with van der Waals surface area (Å²) in [5, 5.41) is 30.9. The molecule has 0 aliphatic heterocycles. The standard InChI is InChI=1S/C21H16N2O5S/c1-12-6-8-15-16(10-12)19(29(26,27)28)11-18(25)21(15)23-22-20-14-5-3-2-4-13(14)7-9-17(20)24/h2-11,24-25H,1H3,(H,26,27,28). The van der Waals surface area contributed by atoms with Crippen molar-refractivity contribution in [3.05, 3.63) is 66.2 Å². The minimum atomic E-state index is -4.56. The number of aromatic hydroxyl groups is 2. The highest BCUT2D eigenvalue weighted by Crippen LogP contribution is 2.42. The van der Waals surface area contributed by atoms with E-state index in [4.69, 9.17) is 0 Å². The Morgan fingerprint density at radius 2 is 1.45 bits per heavy atom. The average Bonchev–Trinajstić information content (AvgIpc) is 2.67. The molecule has 0 aliphatic rings.